The summed E-state index contributed by atoms with van der Waals surface area (Å²) in [6.45, 7) is 8.10. The summed E-state index contributed by atoms with van der Waals surface area (Å²) in [5, 5.41) is 10.9. The highest BCUT2D eigenvalue weighted by atomic mass is 16.5. The van der Waals surface area contributed by atoms with Crippen LogP contribution in [0.5, 0.6) is 0 Å². The number of anilines is 1. The number of nitrogens with zero attached hydrogens (tertiary/aromatic N) is 3. The SMILES string of the molecule is CCn1nnc2cc(C(=O)O[C@@H](C)C(=O)Nc3ccc(C)cc3C)ccc21. The van der Waals surface area contributed by atoms with Gasteiger partial charge >= 0.3 is 5.97 Å². The quantitative estimate of drug-likeness (QED) is 0.701. The van der Waals surface area contributed by atoms with E-state index >= 15 is 0 Å². The van der Waals surface area contributed by atoms with Crippen LogP contribution in [0.2, 0.25) is 0 Å². The van der Waals surface area contributed by atoms with E-state index in [-0.39, 0.29) is 5.91 Å². The molecule has 1 amide bonds. The van der Waals surface area contributed by atoms with Gasteiger partial charge in [-0.05, 0) is 57.5 Å². The van der Waals surface area contributed by atoms with Crippen LogP contribution in [-0.2, 0) is 16.1 Å². The third kappa shape index (κ3) is 3.97. The molecule has 0 unspecified atom stereocenters. The minimum absolute atomic E-state index is 0.330. The topological polar surface area (TPSA) is 86.1 Å². The highest BCUT2D eigenvalue weighted by Gasteiger charge is 2.20. The van der Waals surface area contributed by atoms with Crippen LogP contribution in [0, 0.1) is 13.8 Å². The lowest BCUT2D eigenvalue weighted by atomic mass is 10.1. The second-order valence-electron chi connectivity index (χ2n) is 6.46. The molecule has 0 radical (unpaired) electrons. The van der Waals surface area contributed by atoms with Gasteiger partial charge in [-0.3, -0.25) is 4.79 Å². The molecule has 0 aliphatic carbocycles. The number of benzene rings is 2. The molecule has 0 saturated heterocycles. The van der Waals surface area contributed by atoms with Gasteiger partial charge in [-0.2, -0.15) is 0 Å². The number of aromatic nitrogens is 3. The third-order valence-electron chi connectivity index (χ3n) is 4.34. The highest BCUT2D eigenvalue weighted by Crippen LogP contribution is 2.18. The number of rotatable bonds is 5. The maximum absolute atomic E-state index is 12.4. The number of nitrogens with one attached hydrogen (secondary N) is 1. The first-order valence-electron chi connectivity index (χ1n) is 8.81. The summed E-state index contributed by atoms with van der Waals surface area (Å²) in [7, 11) is 0. The van der Waals surface area contributed by atoms with Crippen LogP contribution in [-0.4, -0.2) is 33.0 Å². The number of hydrogen-bond acceptors (Lipinski definition) is 5. The van der Waals surface area contributed by atoms with Crippen LogP contribution >= 0.6 is 0 Å². The minimum Gasteiger partial charge on any atom is -0.449 e. The van der Waals surface area contributed by atoms with Crippen LogP contribution in [0.25, 0.3) is 11.0 Å². The molecule has 1 N–H and O–H groups in total. The lowest BCUT2D eigenvalue weighted by Gasteiger charge is -2.15. The molecule has 7 heteroatoms. The van der Waals surface area contributed by atoms with Gasteiger partial charge in [0, 0.05) is 12.2 Å². The molecule has 0 aliphatic rings. The number of hydrogen-bond donors (Lipinski definition) is 1. The average molecular weight is 366 g/mol. The van der Waals surface area contributed by atoms with Gasteiger partial charge in [-0.25, -0.2) is 9.48 Å². The van der Waals surface area contributed by atoms with Crippen molar-refractivity contribution < 1.29 is 14.3 Å². The molecule has 0 spiro atoms. The second kappa shape index (κ2) is 7.57. The predicted molar refractivity (Wildman–Crippen MR) is 103 cm³/mol. The Morgan fingerprint density at radius 2 is 1.96 bits per heavy atom. The molecule has 0 fully saturated rings. The van der Waals surface area contributed by atoms with Crippen LogP contribution in [0.15, 0.2) is 36.4 Å². The van der Waals surface area contributed by atoms with E-state index in [0.29, 0.717) is 23.3 Å². The second-order valence-corrected chi connectivity index (χ2v) is 6.46. The number of ether oxygens (including phenoxy) is 1. The molecular formula is C20H22N4O3. The predicted octanol–water partition coefficient (Wildman–Crippen LogP) is 3.25. The zero-order valence-corrected chi connectivity index (χ0v) is 15.8. The van der Waals surface area contributed by atoms with E-state index in [0.717, 1.165) is 16.6 Å². The van der Waals surface area contributed by atoms with E-state index in [4.69, 9.17) is 4.74 Å². The Balaban J connectivity index is 1.68. The van der Waals surface area contributed by atoms with Crippen molar-refractivity contribution in [2.75, 3.05) is 5.32 Å². The van der Waals surface area contributed by atoms with Gasteiger partial charge in [-0.1, -0.05) is 22.9 Å². The first-order valence-corrected chi connectivity index (χ1v) is 8.81. The molecule has 0 aliphatic heterocycles. The molecule has 0 saturated carbocycles. The summed E-state index contributed by atoms with van der Waals surface area (Å²) < 4.78 is 7.05. The maximum Gasteiger partial charge on any atom is 0.338 e. The van der Waals surface area contributed by atoms with E-state index in [9.17, 15) is 9.59 Å². The van der Waals surface area contributed by atoms with Gasteiger partial charge < -0.3 is 10.1 Å². The van der Waals surface area contributed by atoms with Crippen molar-refractivity contribution in [3.63, 3.8) is 0 Å². The number of fused-ring (bicyclic) bond motifs is 1. The molecule has 1 aromatic heterocycles. The summed E-state index contributed by atoms with van der Waals surface area (Å²) in [5.74, 6) is -0.959. The monoisotopic (exact) mass is 366 g/mol. The first-order chi connectivity index (χ1) is 12.9. The van der Waals surface area contributed by atoms with Gasteiger partial charge in [0.15, 0.2) is 6.10 Å². The summed E-state index contributed by atoms with van der Waals surface area (Å²) in [6, 6.07) is 10.8. The Morgan fingerprint density at radius 1 is 1.19 bits per heavy atom. The van der Waals surface area contributed by atoms with Gasteiger partial charge in [0.05, 0.1) is 11.1 Å². The molecule has 0 bridgehead atoms. The van der Waals surface area contributed by atoms with E-state index in [1.807, 2.05) is 39.0 Å². The summed E-state index contributed by atoms with van der Waals surface area (Å²) in [5.41, 5.74) is 4.54. The van der Waals surface area contributed by atoms with Crippen molar-refractivity contribution >= 4 is 28.6 Å². The molecule has 2 aromatic carbocycles. The first kappa shape index (κ1) is 18.6. The van der Waals surface area contributed by atoms with E-state index in [1.165, 1.54) is 0 Å². The number of carbonyl (C=O) groups is 2. The Labute approximate surface area is 157 Å². The van der Waals surface area contributed by atoms with E-state index in [2.05, 4.69) is 15.6 Å². The zero-order chi connectivity index (χ0) is 19.6. The molecule has 3 rings (SSSR count). The lowest BCUT2D eigenvalue weighted by Crippen LogP contribution is -2.30. The Kier molecular flexibility index (Phi) is 5.21. The molecule has 1 heterocycles. The van der Waals surface area contributed by atoms with Gasteiger partial charge in [0.1, 0.15) is 5.52 Å². The van der Waals surface area contributed by atoms with Crippen molar-refractivity contribution in [1.29, 1.82) is 0 Å². The van der Waals surface area contributed by atoms with Crippen molar-refractivity contribution in [3.05, 3.63) is 53.1 Å². The molecular weight excluding hydrogens is 344 g/mol. The number of esters is 1. The van der Waals surface area contributed by atoms with Gasteiger partial charge in [-0.15, -0.1) is 5.10 Å². The summed E-state index contributed by atoms with van der Waals surface area (Å²) in [6.07, 6.45) is -0.930. The molecule has 7 nitrogen and oxygen atoms in total. The van der Waals surface area contributed by atoms with Crippen LogP contribution in [0.4, 0.5) is 5.69 Å². The van der Waals surface area contributed by atoms with Crippen molar-refractivity contribution in [2.45, 2.75) is 40.3 Å². The van der Waals surface area contributed by atoms with E-state index in [1.54, 1.807) is 29.8 Å². The number of aryl methyl sites for hydroxylation is 3. The van der Waals surface area contributed by atoms with Gasteiger partial charge in [0.25, 0.3) is 5.91 Å². The third-order valence-corrected chi connectivity index (χ3v) is 4.34. The fourth-order valence-corrected chi connectivity index (χ4v) is 2.80. The van der Waals surface area contributed by atoms with Crippen LogP contribution in [0.1, 0.15) is 35.3 Å². The fraction of sp³-hybridized carbons (Fsp3) is 0.300. The largest absolute Gasteiger partial charge is 0.449 e. The highest BCUT2D eigenvalue weighted by molar-refractivity contribution is 5.98. The van der Waals surface area contributed by atoms with E-state index < -0.39 is 12.1 Å². The number of amides is 1. The zero-order valence-electron chi connectivity index (χ0n) is 15.8. The lowest BCUT2D eigenvalue weighted by molar-refractivity contribution is -0.123. The number of carbonyl (C=O) groups excluding carboxylic acids is 2. The molecule has 3 aromatic rings. The Bertz CT molecular complexity index is 1010. The Hall–Kier alpha value is -3.22. The van der Waals surface area contributed by atoms with Crippen molar-refractivity contribution in [2.24, 2.45) is 0 Å². The van der Waals surface area contributed by atoms with Crippen LogP contribution in [0.3, 0.4) is 0 Å². The summed E-state index contributed by atoms with van der Waals surface area (Å²) in [4.78, 5) is 24.7. The van der Waals surface area contributed by atoms with Gasteiger partial charge in [0.2, 0.25) is 0 Å². The summed E-state index contributed by atoms with van der Waals surface area (Å²) >= 11 is 0. The van der Waals surface area contributed by atoms with Crippen LogP contribution < -0.4 is 5.32 Å². The normalized spacial score (nSPS) is 12.0. The Morgan fingerprint density at radius 3 is 2.67 bits per heavy atom. The molecule has 1 atom stereocenters. The molecule has 27 heavy (non-hydrogen) atoms. The molecule has 140 valence electrons. The smallest absolute Gasteiger partial charge is 0.338 e. The average Bonchev–Trinajstić information content (AvgIpc) is 3.06. The van der Waals surface area contributed by atoms with Crippen molar-refractivity contribution in [3.8, 4) is 0 Å². The maximum atomic E-state index is 12.4. The van der Waals surface area contributed by atoms with Crippen molar-refractivity contribution in [1.82, 2.24) is 15.0 Å². The standard InChI is InChI=1S/C20H22N4O3/c1-5-24-18-9-7-15(11-17(18)22-23-24)20(26)27-14(4)19(25)21-16-8-6-12(2)10-13(16)3/h6-11,14H,5H2,1-4H3,(H,21,25)/t14-/m0/s1. The minimum atomic E-state index is -0.930. The fourth-order valence-electron chi connectivity index (χ4n) is 2.80.